The van der Waals surface area contributed by atoms with Crippen molar-refractivity contribution in [1.82, 2.24) is 10.2 Å². The van der Waals surface area contributed by atoms with Gasteiger partial charge in [0.15, 0.2) is 5.15 Å². The summed E-state index contributed by atoms with van der Waals surface area (Å²) in [4.78, 5) is 0. The first-order chi connectivity index (χ1) is 10.2. The van der Waals surface area contributed by atoms with E-state index in [0.717, 1.165) is 12.1 Å². The third kappa shape index (κ3) is 3.98. The normalized spacial score (nSPS) is 12.0. The number of rotatable bonds is 4. The minimum absolute atomic E-state index is 0.0419. The van der Waals surface area contributed by atoms with E-state index in [1.165, 1.54) is 29.0 Å². The number of anilines is 1. The molecule has 0 aliphatic carbocycles. The fraction of sp³-hybridized carbons (Fsp3) is 0.0909. The van der Waals surface area contributed by atoms with E-state index in [4.69, 9.17) is 16.3 Å². The lowest BCUT2D eigenvalue weighted by molar-refractivity contribution is -0.0429. The van der Waals surface area contributed by atoms with Gasteiger partial charge in [-0.15, -0.1) is 10.2 Å². The Hall–Kier alpha value is -2.07. The molecule has 2 aromatic rings. The number of nitrogens with one attached hydrogen (secondary N) is 1. The van der Waals surface area contributed by atoms with Crippen molar-refractivity contribution in [2.45, 2.75) is 5.51 Å². The van der Waals surface area contributed by atoms with Crippen molar-refractivity contribution in [2.75, 3.05) is 4.72 Å². The van der Waals surface area contributed by atoms with Crippen LogP contribution < -0.4 is 9.46 Å². The summed E-state index contributed by atoms with van der Waals surface area (Å²) in [6.07, 6.45) is 0. The van der Waals surface area contributed by atoms with E-state index < -0.39 is 15.5 Å². The number of sulfonamides is 1. The quantitative estimate of drug-likeness (QED) is 0.913. The van der Waals surface area contributed by atoms with Crippen molar-refractivity contribution in [3.05, 3.63) is 41.6 Å². The molecule has 1 aromatic heterocycles. The van der Waals surface area contributed by atoms with Gasteiger partial charge in [0, 0.05) is 12.1 Å². The highest BCUT2D eigenvalue weighted by Gasteiger charge is 2.46. The van der Waals surface area contributed by atoms with Gasteiger partial charge in [-0.05, 0) is 18.2 Å². The van der Waals surface area contributed by atoms with Crippen molar-refractivity contribution < 1.29 is 26.3 Å². The standard InChI is InChI=1S/C11H7ClF3N3O3S/c12-9-4-5-10(17-16-9)21-8-3-1-2-7(6-8)18-22(19,20)11(13,14)15/h1-6,18H. The second kappa shape index (κ2) is 5.97. The van der Waals surface area contributed by atoms with Crippen LogP contribution in [0.15, 0.2) is 36.4 Å². The highest BCUT2D eigenvalue weighted by Crippen LogP contribution is 2.28. The third-order valence-electron chi connectivity index (χ3n) is 2.22. The molecule has 0 aliphatic rings. The Bertz CT molecular complexity index is 766. The van der Waals surface area contributed by atoms with Gasteiger partial charge in [0.05, 0.1) is 5.69 Å². The van der Waals surface area contributed by atoms with Crippen LogP contribution in [0.2, 0.25) is 5.15 Å². The second-order valence-electron chi connectivity index (χ2n) is 3.88. The van der Waals surface area contributed by atoms with Crippen LogP contribution in [-0.2, 0) is 10.0 Å². The van der Waals surface area contributed by atoms with E-state index in [2.05, 4.69) is 10.2 Å². The Labute approximate surface area is 127 Å². The first kappa shape index (κ1) is 16.3. The van der Waals surface area contributed by atoms with Crippen molar-refractivity contribution in [3.63, 3.8) is 0 Å². The highest BCUT2D eigenvalue weighted by molar-refractivity contribution is 7.93. The van der Waals surface area contributed by atoms with E-state index in [1.54, 1.807) is 0 Å². The first-order valence-corrected chi connectivity index (χ1v) is 7.40. The van der Waals surface area contributed by atoms with E-state index >= 15 is 0 Å². The van der Waals surface area contributed by atoms with E-state index in [0.29, 0.717) is 0 Å². The van der Waals surface area contributed by atoms with Gasteiger partial charge in [-0.2, -0.15) is 21.6 Å². The molecule has 0 saturated heterocycles. The highest BCUT2D eigenvalue weighted by atomic mass is 35.5. The lowest BCUT2D eigenvalue weighted by Gasteiger charge is -2.11. The Morgan fingerprint density at radius 3 is 2.45 bits per heavy atom. The average Bonchev–Trinajstić information content (AvgIpc) is 2.40. The largest absolute Gasteiger partial charge is 0.516 e. The molecular formula is C11H7ClF3N3O3S. The smallest absolute Gasteiger partial charge is 0.437 e. The topological polar surface area (TPSA) is 81.2 Å². The zero-order valence-electron chi connectivity index (χ0n) is 10.5. The molecule has 0 aliphatic heterocycles. The molecule has 2 rings (SSSR count). The molecular weight excluding hydrogens is 347 g/mol. The summed E-state index contributed by atoms with van der Waals surface area (Å²) in [5.41, 5.74) is -5.72. The lowest BCUT2D eigenvalue weighted by atomic mass is 10.3. The summed E-state index contributed by atoms with van der Waals surface area (Å²) in [5.74, 6) is 0.110. The van der Waals surface area contributed by atoms with Crippen LogP contribution in [0.1, 0.15) is 0 Å². The van der Waals surface area contributed by atoms with Crippen LogP contribution in [0.3, 0.4) is 0 Å². The molecule has 1 heterocycles. The zero-order valence-corrected chi connectivity index (χ0v) is 12.1. The molecule has 0 bridgehead atoms. The van der Waals surface area contributed by atoms with Crippen molar-refractivity contribution in [2.24, 2.45) is 0 Å². The molecule has 0 spiro atoms. The predicted molar refractivity (Wildman–Crippen MR) is 72.2 cm³/mol. The number of nitrogens with zero attached hydrogens (tertiary/aromatic N) is 2. The molecule has 0 unspecified atom stereocenters. The lowest BCUT2D eigenvalue weighted by Crippen LogP contribution is -2.29. The Morgan fingerprint density at radius 1 is 1.14 bits per heavy atom. The van der Waals surface area contributed by atoms with Crippen molar-refractivity contribution in [1.29, 1.82) is 0 Å². The summed E-state index contributed by atoms with van der Waals surface area (Å²) in [6, 6.07) is 7.72. The molecule has 0 atom stereocenters. The average molecular weight is 354 g/mol. The summed E-state index contributed by atoms with van der Waals surface area (Å²) >= 11 is 5.54. The molecule has 1 N–H and O–H groups in total. The van der Waals surface area contributed by atoms with Crippen LogP contribution in [0.4, 0.5) is 18.9 Å². The van der Waals surface area contributed by atoms with Gasteiger partial charge in [-0.3, -0.25) is 4.72 Å². The first-order valence-electron chi connectivity index (χ1n) is 5.54. The van der Waals surface area contributed by atoms with Gasteiger partial charge in [-0.25, -0.2) is 0 Å². The summed E-state index contributed by atoms with van der Waals surface area (Å²) in [5, 5.41) is 7.25. The maximum atomic E-state index is 12.3. The van der Waals surface area contributed by atoms with Crippen molar-refractivity contribution >= 4 is 27.3 Å². The second-order valence-corrected chi connectivity index (χ2v) is 5.94. The van der Waals surface area contributed by atoms with Gasteiger partial charge < -0.3 is 4.74 Å². The molecule has 6 nitrogen and oxygen atoms in total. The zero-order chi connectivity index (χ0) is 16.4. The number of hydrogen-bond donors (Lipinski definition) is 1. The van der Waals surface area contributed by atoms with Crippen LogP contribution in [0, 0.1) is 0 Å². The molecule has 0 saturated carbocycles. The van der Waals surface area contributed by atoms with Gasteiger partial charge in [-0.1, -0.05) is 17.7 Å². The molecule has 11 heteroatoms. The van der Waals surface area contributed by atoms with Gasteiger partial charge in [0.1, 0.15) is 5.75 Å². The minimum Gasteiger partial charge on any atom is -0.437 e. The van der Waals surface area contributed by atoms with Gasteiger partial charge in [0.2, 0.25) is 5.88 Å². The summed E-state index contributed by atoms with van der Waals surface area (Å²) in [6.45, 7) is 0. The molecule has 22 heavy (non-hydrogen) atoms. The number of alkyl halides is 3. The minimum atomic E-state index is -5.50. The van der Waals surface area contributed by atoms with Crippen LogP contribution in [0.5, 0.6) is 11.6 Å². The molecule has 118 valence electrons. The Morgan fingerprint density at radius 2 is 1.86 bits per heavy atom. The maximum Gasteiger partial charge on any atom is 0.516 e. The predicted octanol–water partition coefficient (Wildman–Crippen LogP) is 3.18. The SMILES string of the molecule is O=S(=O)(Nc1cccc(Oc2ccc(Cl)nn2)c1)C(F)(F)F. The summed E-state index contributed by atoms with van der Waals surface area (Å²) < 4.78 is 65.5. The number of halogens is 4. The fourth-order valence-corrected chi connectivity index (χ4v) is 1.97. The van der Waals surface area contributed by atoms with E-state index in [1.807, 2.05) is 0 Å². The molecule has 0 radical (unpaired) electrons. The number of ether oxygens (including phenoxy) is 1. The van der Waals surface area contributed by atoms with Gasteiger partial charge >= 0.3 is 15.5 Å². The van der Waals surface area contributed by atoms with Crippen LogP contribution in [0.25, 0.3) is 0 Å². The molecule has 0 amide bonds. The number of aromatic nitrogens is 2. The van der Waals surface area contributed by atoms with Crippen LogP contribution in [-0.4, -0.2) is 24.1 Å². The van der Waals surface area contributed by atoms with E-state index in [-0.39, 0.29) is 22.5 Å². The molecule has 0 fully saturated rings. The van der Waals surface area contributed by atoms with Gasteiger partial charge in [0.25, 0.3) is 0 Å². The van der Waals surface area contributed by atoms with E-state index in [9.17, 15) is 21.6 Å². The third-order valence-corrected chi connectivity index (χ3v) is 3.54. The fourth-order valence-electron chi connectivity index (χ4n) is 1.32. The van der Waals surface area contributed by atoms with Crippen molar-refractivity contribution in [3.8, 4) is 11.6 Å². The monoisotopic (exact) mass is 353 g/mol. The Balaban J connectivity index is 2.19. The number of hydrogen-bond acceptors (Lipinski definition) is 5. The Kier molecular flexibility index (Phi) is 4.42. The van der Waals surface area contributed by atoms with Crippen LogP contribution >= 0.6 is 11.6 Å². The molecule has 1 aromatic carbocycles. The maximum absolute atomic E-state index is 12.3. The number of benzene rings is 1. The summed E-state index contributed by atoms with van der Waals surface area (Å²) in [7, 11) is -5.50.